The second kappa shape index (κ2) is 10.2. The number of anilines is 1. The molecule has 0 saturated heterocycles. The summed E-state index contributed by atoms with van der Waals surface area (Å²) in [4.78, 5) is 26.4. The molecule has 0 radical (unpaired) electrons. The highest BCUT2D eigenvalue weighted by molar-refractivity contribution is 6.05. The van der Waals surface area contributed by atoms with Crippen molar-refractivity contribution in [2.75, 3.05) is 26.2 Å². The predicted molar refractivity (Wildman–Crippen MR) is 116 cm³/mol. The Balaban J connectivity index is 1.89. The minimum atomic E-state index is -0.656. The fourth-order valence-electron chi connectivity index (χ4n) is 3.00. The van der Waals surface area contributed by atoms with E-state index in [1.807, 2.05) is 48.5 Å². The van der Waals surface area contributed by atoms with Crippen molar-refractivity contribution in [3.8, 4) is 11.5 Å². The zero-order valence-corrected chi connectivity index (χ0v) is 17.5. The van der Waals surface area contributed by atoms with Gasteiger partial charge in [-0.25, -0.2) is 9.59 Å². The number of hydrogen-bond donors (Lipinski definition) is 0. The van der Waals surface area contributed by atoms with Crippen LogP contribution in [0.25, 0.3) is 0 Å². The fourth-order valence-corrected chi connectivity index (χ4v) is 3.00. The van der Waals surface area contributed by atoms with Gasteiger partial charge in [0, 0.05) is 11.9 Å². The summed E-state index contributed by atoms with van der Waals surface area (Å²) in [5, 5.41) is 0. The first kappa shape index (κ1) is 21.7. The van der Waals surface area contributed by atoms with Crippen molar-refractivity contribution in [1.82, 2.24) is 0 Å². The summed E-state index contributed by atoms with van der Waals surface area (Å²) in [6.45, 7) is 0.317. The van der Waals surface area contributed by atoms with E-state index >= 15 is 0 Å². The third kappa shape index (κ3) is 5.14. The van der Waals surface area contributed by atoms with Crippen LogP contribution in [0.2, 0.25) is 0 Å². The van der Waals surface area contributed by atoms with Gasteiger partial charge in [-0.3, -0.25) is 0 Å². The van der Waals surface area contributed by atoms with E-state index in [2.05, 4.69) is 0 Å². The molecule has 1 aliphatic rings. The van der Waals surface area contributed by atoms with Gasteiger partial charge >= 0.3 is 11.9 Å². The lowest BCUT2D eigenvalue weighted by Gasteiger charge is -2.23. The summed E-state index contributed by atoms with van der Waals surface area (Å²) in [7, 11) is 4.13. The van der Waals surface area contributed by atoms with E-state index in [-0.39, 0.29) is 11.3 Å². The van der Waals surface area contributed by atoms with Crippen molar-refractivity contribution in [2.24, 2.45) is 0 Å². The molecule has 0 atom stereocenters. The Bertz CT molecular complexity index is 1040. The van der Waals surface area contributed by atoms with Crippen molar-refractivity contribution < 1.29 is 28.5 Å². The molecule has 0 aliphatic carbocycles. The van der Waals surface area contributed by atoms with Crippen LogP contribution in [0, 0.1) is 0 Å². The van der Waals surface area contributed by atoms with Crippen molar-refractivity contribution in [3.05, 3.63) is 89.8 Å². The number of benzene rings is 2. The zero-order chi connectivity index (χ0) is 22.2. The smallest absolute Gasteiger partial charge is 0.355 e. The molecule has 31 heavy (non-hydrogen) atoms. The van der Waals surface area contributed by atoms with E-state index in [9.17, 15) is 9.59 Å². The van der Waals surface area contributed by atoms with Gasteiger partial charge in [0.15, 0.2) is 0 Å². The number of hydrogen-bond acceptors (Lipinski definition) is 7. The zero-order valence-electron chi connectivity index (χ0n) is 17.5. The average Bonchev–Trinajstić information content (AvgIpc) is 3.05. The second-order valence-corrected chi connectivity index (χ2v) is 6.45. The van der Waals surface area contributed by atoms with Gasteiger partial charge in [0.25, 0.3) is 0 Å². The standard InChI is InChI=1S/C24H23NO6/c1-28-19-10-12-20(13-11-19)31-16-17-7-6-8-18(15-17)25-14-5-4-9-21(23(26)29-2)22(25)24(27)30-3/h4-15H,16H2,1-3H3. The van der Waals surface area contributed by atoms with Crippen LogP contribution in [-0.2, 0) is 25.7 Å². The number of carbonyl (C=O) groups excluding carboxylic acids is 2. The van der Waals surface area contributed by atoms with Crippen LogP contribution < -0.4 is 14.4 Å². The fraction of sp³-hybridized carbons (Fsp3) is 0.167. The summed E-state index contributed by atoms with van der Waals surface area (Å²) in [5.74, 6) is 0.161. The maximum absolute atomic E-state index is 12.5. The number of carbonyl (C=O) groups is 2. The molecule has 2 aromatic rings. The molecular formula is C24H23NO6. The number of esters is 2. The molecule has 0 amide bonds. The Labute approximate surface area is 180 Å². The third-order valence-corrected chi connectivity index (χ3v) is 4.54. The topological polar surface area (TPSA) is 74.3 Å². The number of methoxy groups -OCH3 is 3. The van der Waals surface area contributed by atoms with Gasteiger partial charge in [-0.1, -0.05) is 18.2 Å². The number of rotatable bonds is 7. The number of ether oxygens (including phenoxy) is 4. The second-order valence-electron chi connectivity index (χ2n) is 6.45. The van der Waals surface area contributed by atoms with Crippen LogP contribution in [0.3, 0.4) is 0 Å². The van der Waals surface area contributed by atoms with Gasteiger partial charge in [0.2, 0.25) is 0 Å². The van der Waals surface area contributed by atoms with Crippen molar-refractivity contribution >= 4 is 17.6 Å². The van der Waals surface area contributed by atoms with Gasteiger partial charge < -0.3 is 23.8 Å². The first-order valence-corrected chi connectivity index (χ1v) is 9.48. The van der Waals surface area contributed by atoms with Crippen LogP contribution in [0.1, 0.15) is 5.56 Å². The maximum atomic E-state index is 12.5. The molecule has 0 N–H and O–H groups in total. The Morgan fingerprint density at radius 2 is 1.58 bits per heavy atom. The first-order valence-electron chi connectivity index (χ1n) is 9.48. The number of allylic oxidation sites excluding steroid dienone is 2. The van der Waals surface area contributed by atoms with Gasteiger partial charge in [-0.2, -0.15) is 0 Å². The largest absolute Gasteiger partial charge is 0.497 e. The highest BCUT2D eigenvalue weighted by Gasteiger charge is 2.27. The van der Waals surface area contributed by atoms with E-state index in [4.69, 9.17) is 18.9 Å². The molecule has 3 rings (SSSR count). The predicted octanol–water partition coefficient (Wildman–Crippen LogP) is 3.76. The Kier molecular flexibility index (Phi) is 7.11. The third-order valence-electron chi connectivity index (χ3n) is 4.54. The van der Waals surface area contributed by atoms with Crippen LogP contribution in [0.4, 0.5) is 5.69 Å². The van der Waals surface area contributed by atoms with Gasteiger partial charge in [0.1, 0.15) is 23.8 Å². The summed E-state index contributed by atoms with van der Waals surface area (Å²) in [6.07, 6.45) is 6.58. The van der Waals surface area contributed by atoms with E-state index < -0.39 is 11.9 Å². The van der Waals surface area contributed by atoms with Crippen molar-refractivity contribution in [2.45, 2.75) is 6.61 Å². The molecule has 1 aliphatic heterocycles. The first-order chi connectivity index (χ1) is 15.1. The highest BCUT2D eigenvalue weighted by atomic mass is 16.5. The van der Waals surface area contributed by atoms with E-state index in [0.717, 1.165) is 11.3 Å². The summed E-state index contributed by atoms with van der Waals surface area (Å²) < 4.78 is 20.8. The van der Waals surface area contributed by atoms with E-state index in [1.54, 1.807) is 30.4 Å². The maximum Gasteiger partial charge on any atom is 0.355 e. The lowest BCUT2D eigenvalue weighted by Crippen LogP contribution is -2.27. The summed E-state index contributed by atoms with van der Waals surface area (Å²) in [5.41, 5.74) is 1.70. The molecule has 7 nitrogen and oxygen atoms in total. The van der Waals surface area contributed by atoms with Gasteiger partial charge in [0.05, 0.1) is 26.9 Å². The monoisotopic (exact) mass is 421 g/mol. The molecule has 0 aromatic heterocycles. The molecule has 0 fully saturated rings. The molecule has 0 saturated carbocycles. The Morgan fingerprint density at radius 1 is 0.871 bits per heavy atom. The summed E-state index contributed by atoms with van der Waals surface area (Å²) >= 11 is 0. The molecule has 0 unspecified atom stereocenters. The minimum absolute atomic E-state index is 0.0626. The Hall–Kier alpha value is -4.00. The highest BCUT2D eigenvalue weighted by Crippen LogP contribution is 2.27. The SMILES string of the molecule is COC(=O)C1=C(C(=O)OC)N(c2cccc(COc3ccc(OC)cc3)c2)C=CC=C1. The van der Waals surface area contributed by atoms with E-state index in [0.29, 0.717) is 18.0 Å². The van der Waals surface area contributed by atoms with Gasteiger partial charge in [-0.05, 0) is 54.1 Å². The van der Waals surface area contributed by atoms with Crippen LogP contribution in [0.5, 0.6) is 11.5 Å². The Morgan fingerprint density at radius 3 is 2.26 bits per heavy atom. The quantitative estimate of drug-likeness (QED) is 0.630. The number of nitrogens with zero attached hydrogens (tertiary/aromatic N) is 1. The van der Waals surface area contributed by atoms with Crippen molar-refractivity contribution in [3.63, 3.8) is 0 Å². The van der Waals surface area contributed by atoms with Crippen LogP contribution >= 0.6 is 0 Å². The van der Waals surface area contributed by atoms with Crippen LogP contribution in [-0.4, -0.2) is 33.3 Å². The van der Waals surface area contributed by atoms with Crippen molar-refractivity contribution in [1.29, 1.82) is 0 Å². The molecular weight excluding hydrogens is 398 g/mol. The summed E-state index contributed by atoms with van der Waals surface area (Å²) in [6, 6.07) is 14.8. The van der Waals surface area contributed by atoms with E-state index in [1.165, 1.54) is 20.3 Å². The molecule has 160 valence electrons. The normalized spacial score (nSPS) is 12.9. The van der Waals surface area contributed by atoms with Crippen LogP contribution in [0.15, 0.2) is 84.2 Å². The molecule has 7 heteroatoms. The molecule has 0 bridgehead atoms. The lowest BCUT2D eigenvalue weighted by atomic mass is 10.1. The average molecular weight is 421 g/mol. The molecule has 2 aromatic carbocycles. The lowest BCUT2D eigenvalue weighted by molar-refractivity contribution is -0.139. The minimum Gasteiger partial charge on any atom is -0.497 e. The molecule has 0 spiro atoms. The molecule has 1 heterocycles. The van der Waals surface area contributed by atoms with Gasteiger partial charge in [-0.15, -0.1) is 0 Å².